The molecule has 3 atom stereocenters. The van der Waals surface area contributed by atoms with Gasteiger partial charge in [0.15, 0.2) is 23.0 Å². The molecule has 1 heterocycles. The van der Waals surface area contributed by atoms with Crippen molar-refractivity contribution in [3.8, 4) is 28.7 Å². The molecule has 1 aromatic heterocycles. The molecule has 0 spiro atoms. The van der Waals surface area contributed by atoms with Crippen molar-refractivity contribution in [1.29, 1.82) is 0 Å². The Hall–Kier alpha value is -5.85. The summed E-state index contributed by atoms with van der Waals surface area (Å²) in [6.45, 7) is 1.85. The van der Waals surface area contributed by atoms with E-state index in [0.29, 0.717) is 54.7 Å². The fraction of sp³-hybridized carbons (Fsp3) is 0.340. The van der Waals surface area contributed by atoms with Gasteiger partial charge in [0.2, 0.25) is 0 Å². The normalized spacial score (nSPS) is 13.5. The van der Waals surface area contributed by atoms with Crippen LogP contribution in [0.15, 0.2) is 97.3 Å². The summed E-state index contributed by atoms with van der Waals surface area (Å²) < 4.78 is 11.3. The average Bonchev–Trinajstić information content (AvgIpc) is 3.77. The van der Waals surface area contributed by atoms with Gasteiger partial charge in [-0.15, -0.1) is 0 Å². The Morgan fingerprint density at radius 1 is 0.820 bits per heavy atom. The number of aliphatic hydroxyl groups is 3. The molecule has 0 aliphatic carbocycles. The highest BCUT2D eigenvalue weighted by atomic mass is 16.5. The number of ether oxygens (including phenoxy) is 2. The van der Waals surface area contributed by atoms with Crippen molar-refractivity contribution in [2.24, 2.45) is 5.92 Å². The molecule has 6 aromatic rings. The van der Waals surface area contributed by atoms with E-state index in [1.807, 2.05) is 24.3 Å². The van der Waals surface area contributed by atoms with Crippen LogP contribution in [0.5, 0.6) is 28.7 Å². The molecule has 0 bridgehead atoms. The molecule has 0 saturated carbocycles. The summed E-state index contributed by atoms with van der Waals surface area (Å²) in [5, 5.41) is 71.3. The SMILES string of the molecule is CCc1ccc2cccc(CCO)c2c1Cc1c(CC(Cc2cc[n-]c2)C(O)CC(=O)C(CO)(Cc2ccc(O)c(OC)c2)c2cc(O)cc(CNC)c2)ccc(O)c1OC. The van der Waals surface area contributed by atoms with E-state index in [9.17, 15) is 30.6 Å². The van der Waals surface area contributed by atoms with Gasteiger partial charge in [-0.1, -0.05) is 67.1 Å². The number of carbonyl (C=O) groups is 1. The molecular weight excluding hydrogens is 773 g/mol. The molecule has 11 heteroatoms. The Morgan fingerprint density at radius 3 is 2.30 bits per heavy atom. The number of methoxy groups -OCH3 is 2. The van der Waals surface area contributed by atoms with Crippen LogP contribution in [0, 0.1) is 5.92 Å². The molecule has 61 heavy (non-hydrogen) atoms. The molecule has 0 aliphatic rings. The number of aliphatic hydroxyl groups excluding tert-OH is 3. The van der Waals surface area contributed by atoms with E-state index in [1.165, 1.54) is 26.4 Å². The molecule has 0 aliphatic heterocycles. The lowest BCUT2D eigenvalue weighted by Gasteiger charge is -2.34. The van der Waals surface area contributed by atoms with Crippen LogP contribution in [0.1, 0.15) is 63.4 Å². The fourth-order valence-corrected chi connectivity index (χ4v) is 8.84. The van der Waals surface area contributed by atoms with E-state index in [2.05, 4.69) is 35.4 Å². The molecule has 3 unspecified atom stereocenters. The quantitative estimate of drug-likeness (QED) is 0.0437. The molecule has 11 nitrogen and oxygen atoms in total. The molecule has 5 aromatic carbocycles. The first-order valence-electron chi connectivity index (χ1n) is 20.7. The highest BCUT2D eigenvalue weighted by Crippen LogP contribution is 2.41. The van der Waals surface area contributed by atoms with Crippen molar-refractivity contribution in [2.45, 2.75) is 69.9 Å². The summed E-state index contributed by atoms with van der Waals surface area (Å²) in [5.74, 6) is -0.642. The van der Waals surface area contributed by atoms with Gasteiger partial charge in [0.05, 0.1) is 32.3 Å². The maximum Gasteiger partial charge on any atom is 0.164 e. The number of benzene rings is 5. The second-order valence-electron chi connectivity index (χ2n) is 15.9. The number of nitrogens with one attached hydrogen (secondary N) is 1. The maximum absolute atomic E-state index is 15.0. The summed E-state index contributed by atoms with van der Waals surface area (Å²) in [4.78, 5) is 19.3. The largest absolute Gasteiger partial charge is 0.670 e. The number of phenolic OH excluding ortho intramolecular Hbond substituents is 3. The molecule has 0 saturated heterocycles. The number of carbonyl (C=O) groups excluding carboxylic acids is 1. The van der Waals surface area contributed by atoms with Crippen molar-refractivity contribution in [3.05, 3.63) is 147 Å². The first-order chi connectivity index (χ1) is 29.5. The van der Waals surface area contributed by atoms with Crippen LogP contribution in [-0.4, -0.2) is 77.0 Å². The van der Waals surface area contributed by atoms with Crippen molar-refractivity contribution in [1.82, 2.24) is 10.3 Å². The Kier molecular flexibility index (Phi) is 14.8. The average molecular weight is 830 g/mol. The molecule has 0 radical (unpaired) electrons. The summed E-state index contributed by atoms with van der Waals surface area (Å²) in [6.07, 6.45) is 4.12. The van der Waals surface area contributed by atoms with Crippen molar-refractivity contribution in [2.75, 3.05) is 34.5 Å². The Bertz CT molecular complexity index is 2430. The summed E-state index contributed by atoms with van der Waals surface area (Å²) in [6, 6.07) is 25.2. The van der Waals surface area contributed by atoms with Gasteiger partial charge in [-0.05, 0) is 125 Å². The summed E-state index contributed by atoms with van der Waals surface area (Å²) in [5.41, 5.74) is 5.69. The molecular formula is C50H57N2O9-. The zero-order valence-corrected chi connectivity index (χ0v) is 35.3. The molecule has 7 N–H and O–H groups in total. The van der Waals surface area contributed by atoms with Crippen LogP contribution in [0.3, 0.4) is 0 Å². The third-order valence-corrected chi connectivity index (χ3v) is 12.0. The van der Waals surface area contributed by atoms with E-state index in [1.54, 1.807) is 49.8 Å². The minimum absolute atomic E-state index is 0.00623. The minimum atomic E-state index is -1.61. The number of Topliss-reactive ketones (excluding diaryl/α,β-unsaturated/α-hetero) is 1. The van der Waals surface area contributed by atoms with E-state index >= 15 is 4.79 Å². The second-order valence-corrected chi connectivity index (χ2v) is 15.9. The van der Waals surface area contributed by atoms with Gasteiger partial charge in [-0.2, -0.15) is 12.4 Å². The lowest BCUT2D eigenvalue weighted by atomic mass is 9.70. The zero-order valence-electron chi connectivity index (χ0n) is 35.3. The lowest BCUT2D eigenvalue weighted by Crippen LogP contribution is -2.44. The topological polar surface area (TPSA) is 183 Å². The van der Waals surface area contributed by atoms with Crippen LogP contribution in [-0.2, 0) is 55.3 Å². The number of fused-ring (bicyclic) bond motifs is 1. The third-order valence-electron chi connectivity index (χ3n) is 12.0. The minimum Gasteiger partial charge on any atom is -0.670 e. The molecule has 6 rings (SSSR count). The van der Waals surface area contributed by atoms with Crippen molar-refractivity contribution >= 4 is 16.6 Å². The van der Waals surface area contributed by atoms with E-state index in [4.69, 9.17) is 9.47 Å². The highest BCUT2D eigenvalue weighted by Gasteiger charge is 2.42. The molecule has 0 amide bonds. The maximum atomic E-state index is 15.0. The number of hydrogen-bond acceptors (Lipinski definition) is 10. The van der Waals surface area contributed by atoms with E-state index in [-0.39, 0.29) is 42.4 Å². The number of phenols is 3. The number of ketones is 1. The smallest absolute Gasteiger partial charge is 0.164 e. The van der Waals surface area contributed by atoms with E-state index in [0.717, 1.165) is 50.6 Å². The third kappa shape index (κ3) is 9.87. The number of hydrogen-bond donors (Lipinski definition) is 7. The zero-order chi connectivity index (χ0) is 43.7. The van der Waals surface area contributed by atoms with Gasteiger partial charge in [-0.3, -0.25) is 4.79 Å². The number of rotatable bonds is 21. The first-order valence-corrected chi connectivity index (χ1v) is 20.7. The summed E-state index contributed by atoms with van der Waals surface area (Å²) in [7, 11) is 4.71. The van der Waals surface area contributed by atoms with Gasteiger partial charge in [0.1, 0.15) is 11.5 Å². The van der Waals surface area contributed by atoms with Crippen LogP contribution < -0.4 is 19.8 Å². The van der Waals surface area contributed by atoms with Gasteiger partial charge in [-0.25, -0.2) is 0 Å². The Morgan fingerprint density at radius 2 is 1.61 bits per heavy atom. The van der Waals surface area contributed by atoms with Crippen molar-refractivity contribution in [3.63, 3.8) is 0 Å². The van der Waals surface area contributed by atoms with E-state index < -0.39 is 29.8 Å². The van der Waals surface area contributed by atoms with Gasteiger partial charge in [0, 0.05) is 31.6 Å². The number of aryl methyl sites for hydroxylation is 1. The number of aromatic nitrogens is 1. The van der Waals surface area contributed by atoms with Crippen LogP contribution >= 0.6 is 0 Å². The van der Waals surface area contributed by atoms with Gasteiger partial charge < -0.3 is 50.4 Å². The van der Waals surface area contributed by atoms with Crippen LogP contribution in [0.2, 0.25) is 0 Å². The first kappa shape index (κ1) is 44.7. The van der Waals surface area contributed by atoms with Crippen molar-refractivity contribution < 1.29 is 44.9 Å². The monoisotopic (exact) mass is 829 g/mol. The van der Waals surface area contributed by atoms with Crippen LogP contribution in [0.4, 0.5) is 0 Å². The number of aromatic hydroxyl groups is 3. The predicted molar refractivity (Wildman–Crippen MR) is 236 cm³/mol. The molecule has 322 valence electrons. The lowest BCUT2D eigenvalue weighted by molar-refractivity contribution is -0.129. The fourth-order valence-electron chi connectivity index (χ4n) is 8.84. The molecule has 0 fully saturated rings. The standard InChI is InChI=1S/C50H57N2O9/c1-5-34-10-11-35-7-6-8-36(16-18-53)48(35)41(34)25-42-37(12-14-44(57)49(42)61-4)23-38(19-32-15-17-52-29-32)45(58)26-47(59)50(30-54,27-31-9-13-43(56)46(22-31)60-3)39-20-33(28-51-2)21-40(55)24-39/h6-15,17,20-22,24,29,38,45,51,53-58H,5,16,18-19,23,25-28,30H2,1-4H3/q-1. The predicted octanol–water partition coefficient (Wildman–Crippen LogP) is 6.23. The second kappa shape index (κ2) is 20.1. The number of nitrogens with zero attached hydrogens (tertiary/aromatic N) is 1. The van der Waals surface area contributed by atoms with Crippen LogP contribution in [0.25, 0.3) is 10.8 Å². The van der Waals surface area contributed by atoms with Gasteiger partial charge >= 0.3 is 0 Å². The Balaban J connectivity index is 1.43. The highest BCUT2D eigenvalue weighted by molar-refractivity contribution is 5.92. The van der Waals surface area contributed by atoms with Gasteiger partial charge in [0.25, 0.3) is 0 Å². The summed E-state index contributed by atoms with van der Waals surface area (Å²) >= 11 is 0. The Labute approximate surface area is 357 Å².